The molecule has 1 atom stereocenters. The highest BCUT2D eigenvalue weighted by Crippen LogP contribution is 2.28. The van der Waals surface area contributed by atoms with Crippen molar-refractivity contribution in [3.8, 4) is 0 Å². The lowest BCUT2D eigenvalue weighted by Gasteiger charge is -2.21. The molecule has 36 heavy (non-hydrogen) atoms. The molecule has 184 valence electrons. The van der Waals surface area contributed by atoms with Crippen LogP contribution in [0.5, 0.6) is 0 Å². The van der Waals surface area contributed by atoms with Gasteiger partial charge in [0.2, 0.25) is 0 Å². The van der Waals surface area contributed by atoms with Gasteiger partial charge in [-0.2, -0.15) is 0 Å². The molecule has 1 unspecified atom stereocenters. The first-order valence-corrected chi connectivity index (χ1v) is 12.7. The van der Waals surface area contributed by atoms with E-state index in [-0.39, 0.29) is 17.9 Å². The number of fused-ring (bicyclic) bond motifs is 2. The Kier molecular flexibility index (Phi) is 6.85. The molecule has 0 fully saturated rings. The van der Waals surface area contributed by atoms with E-state index in [1.165, 1.54) is 10.5 Å². The Morgan fingerprint density at radius 1 is 1.00 bits per heavy atom. The molecule has 4 aromatic rings. The van der Waals surface area contributed by atoms with Gasteiger partial charge in [0, 0.05) is 31.6 Å². The number of imidazole rings is 1. The Balaban J connectivity index is 1.41. The van der Waals surface area contributed by atoms with Crippen LogP contribution in [-0.4, -0.2) is 34.5 Å². The standard InChI is InChI=1S/C30H32N4O2/c1-21(18-19-22-11-4-3-5-12-22)31-29(35)27-28(32-26-17-8-9-20-34(26)27)33(2)30(36)25-16-10-14-23-13-6-7-15-24(23)25/h3-7,10-16,21H,8-9,17-20H2,1-2H3,(H,31,35). The predicted octanol–water partition coefficient (Wildman–Crippen LogP) is 5.40. The summed E-state index contributed by atoms with van der Waals surface area (Å²) < 4.78 is 2.00. The Bertz CT molecular complexity index is 1390. The number of anilines is 1. The van der Waals surface area contributed by atoms with Gasteiger partial charge < -0.3 is 9.88 Å². The zero-order valence-corrected chi connectivity index (χ0v) is 20.9. The van der Waals surface area contributed by atoms with E-state index in [4.69, 9.17) is 4.98 Å². The van der Waals surface area contributed by atoms with Gasteiger partial charge in [-0.15, -0.1) is 0 Å². The molecule has 1 aliphatic rings. The lowest BCUT2D eigenvalue weighted by atomic mass is 10.0. The number of hydrogen-bond acceptors (Lipinski definition) is 3. The summed E-state index contributed by atoms with van der Waals surface area (Å²) in [5, 5.41) is 5.06. The number of aryl methyl sites for hydroxylation is 2. The normalized spacial score (nSPS) is 13.7. The van der Waals surface area contributed by atoms with E-state index >= 15 is 0 Å². The van der Waals surface area contributed by atoms with Gasteiger partial charge in [0.15, 0.2) is 11.5 Å². The monoisotopic (exact) mass is 480 g/mol. The Morgan fingerprint density at radius 2 is 1.75 bits per heavy atom. The van der Waals surface area contributed by atoms with Gasteiger partial charge in [0.05, 0.1) is 0 Å². The molecular formula is C30H32N4O2. The fourth-order valence-electron chi connectivity index (χ4n) is 5.01. The van der Waals surface area contributed by atoms with Crippen LogP contribution < -0.4 is 10.2 Å². The molecule has 6 nitrogen and oxygen atoms in total. The third-order valence-electron chi connectivity index (χ3n) is 7.00. The molecule has 0 bridgehead atoms. The van der Waals surface area contributed by atoms with Gasteiger partial charge in [0.1, 0.15) is 5.82 Å². The van der Waals surface area contributed by atoms with Crippen molar-refractivity contribution >= 4 is 28.4 Å². The lowest BCUT2D eigenvalue weighted by Crippen LogP contribution is -2.36. The van der Waals surface area contributed by atoms with Crippen LogP contribution in [0.4, 0.5) is 5.82 Å². The first kappa shape index (κ1) is 23.8. The third-order valence-corrected chi connectivity index (χ3v) is 7.00. The van der Waals surface area contributed by atoms with Gasteiger partial charge in [-0.05, 0) is 55.0 Å². The van der Waals surface area contributed by atoms with Crippen LogP contribution in [0.1, 0.15) is 58.4 Å². The van der Waals surface area contributed by atoms with Crippen molar-refractivity contribution < 1.29 is 9.59 Å². The number of benzene rings is 3. The second-order valence-electron chi connectivity index (χ2n) is 9.60. The first-order chi connectivity index (χ1) is 17.5. The van der Waals surface area contributed by atoms with E-state index in [1.54, 1.807) is 7.05 Å². The van der Waals surface area contributed by atoms with Crippen molar-refractivity contribution in [2.24, 2.45) is 0 Å². The predicted molar refractivity (Wildman–Crippen MR) is 144 cm³/mol. The number of carbonyl (C=O) groups excluding carboxylic acids is 2. The van der Waals surface area contributed by atoms with Crippen LogP contribution >= 0.6 is 0 Å². The summed E-state index contributed by atoms with van der Waals surface area (Å²) in [5.41, 5.74) is 2.33. The maximum absolute atomic E-state index is 13.7. The van der Waals surface area contributed by atoms with Gasteiger partial charge in [-0.3, -0.25) is 14.5 Å². The van der Waals surface area contributed by atoms with E-state index in [1.807, 2.05) is 72.2 Å². The second kappa shape index (κ2) is 10.4. The fraction of sp³-hybridized carbons (Fsp3) is 0.300. The van der Waals surface area contributed by atoms with E-state index in [0.717, 1.165) is 55.2 Å². The summed E-state index contributed by atoms with van der Waals surface area (Å²) in [6.45, 7) is 2.76. The number of amides is 2. The quantitative estimate of drug-likeness (QED) is 0.385. The average Bonchev–Trinajstić information content (AvgIpc) is 3.31. The topological polar surface area (TPSA) is 67.2 Å². The molecule has 0 radical (unpaired) electrons. The van der Waals surface area contributed by atoms with E-state index in [9.17, 15) is 9.59 Å². The molecular weight excluding hydrogens is 448 g/mol. The molecule has 1 N–H and O–H groups in total. The van der Waals surface area contributed by atoms with Crippen molar-refractivity contribution in [1.29, 1.82) is 0 Å². The molecule has 2 amide bonds. The Morgan fingerprint density at radius 3 is 2.58 bits per heavy atom. The third kappa shape index (κ3) is 4.76. The van der Waals surface area contributed by atoms with Gasteiger partial charge in [-0.1, -0.05) is 66.7 Å². The summed E-state index contributed by atoms with van der Waals surface area (Å²) in [5.74, 6) is 0.950. The molecule has 3 aromatic carbocycles. The highest BCUT2D eigenvalue weighted by molar-refractivity contribution is 6.15. The van der Waals surface area contributed by atoms with Crippen LogP contribution in [0.3, 0.4) is 0 Å². The van der Waals surface area contributed by atoms with Gasteiger partial charge >= 0.3 is 0 Å². The summed E-state index contributed by atoms with van der Waals surface area (Å²) in [6.07, 6.45) is 4.55. The first-order valence-electron chi connectivity index (χ1n) is 12.7. The maximum Gasteiger partial charge on any atom is 0.272 e. The van der Waals surface area contributed by atoms with Crippen molar-refractivity contribution in [3.05, 3.63) is 95.4 Å². The molecule has 1 aromatic heterocycles. The van der Waals surface area contributed by atoms with Crippen molar-refractivity contribution in [2.45, 2.75) is 51.6 Å². The molecule has 0 aliphatic carbocycles. The average molecular weight is 481 g/mol. The number of rotatable bonds is 7. The zero-order valence-electron chi connectivity index (χ0n) is 20.9. The number of hydrogen-bond donors (Lipinski definition) is 1. The highest BCUT2D eigenvalue weighted by atomic mass is 16.2. The number of aromatic nitrogens is 2. The summed E-state index contributed by atoms with van der Waals surface area (Å²) in [4.78, 5) is 33.6. The molecule has 0 saturated carbocycles. The molecule has 2 heterocycles. The lowest BCUT2D eigenvalue weighted by molar-refractivity contribution is 0.0928. The van der Waals surface area contributed by atoms with Gasteiger partial charge in [0.25, 0.3) is 11.8 Å². The van der Waals surface area contributed by atoms with Crippen LogP contribution in [0.2, 0.25) is 0 Å². The van der Waals surface area contributed by atoms with Crippen LogP contribution in [0.25, 0.3) is 10.8 Å². The molecule has 0 saturated heterocycles. The largest absolute Gasteiger partial charge is 0.348 e. The minimum Gasteiger partial charge on any atom is -0.348 e. The second-order valence-corrected chi connectivity index (χ2v) is 9.60. The Hall–Kier alpha value is -3.93. The minimum atomic E-state index is -0.177. The van der Waals surface area contributed by atoms with Crippen LogP contribution in [0, 0.1) is 0 Å². The van der Waals surface area contributed by atoms with E-state index < -0.39 is 0 Å². The molecule has 0 spiro atoms. The van der Waals surface area contributed by atoms with E-state index in [0.29, 0.717) is 17.1 Å². The Labute approximate surface area is 212 Å². The van der Waals surface area contributed by atoms with Crippen molar-refractivity contribution in [2.75, 3.05) is 11.9 Å². The number of nitrogens with one attached hydrogen (secondary N) is 1. The van der Waals surface area contributed by atoms with Crippen LogP contribution in [0.15, 0.2) is 72.8 Å². The minimum absolute atomic E-state index is 0.0145. The molecule has 5 rings (SSSR count). The number of carbonyl (C=O) groups is 2. The van der Waals surface area contributed by atoms with Gasteiger partial charge in [-0.25, -0.2) is 4.98 Å². The zero-order chi connectivity index (χ0) is 25.1. The van der Waals surface area contributed by atoms with Crippen molar-refractivity contribution in [1.82, 2.24) is 14.9 Å². The van der Waals surface area contributed by atoms with E-state index in [2.05, 4.69) is 17.4 Å². The smallest absolute Gasteiger partial charge is 0.272 e. The summed E-state index contributed by atoms with van der Waals surface area (Å²) in [7, 11) is 1.72. The van der Waals surface area contributed by atoms with Crippen LogP contribution in [-0.2, 0) is 19.4 Å². The maximum atomic E-state index is 13.7. The van der Waals surface area contributed by atoms with Crippen molar-refractivity contribution in [3.63, 3.8) is 0 Å². The SMILES string of the molecule is CC(CCc1ccccc1)NC(=O)c1c(N(C)C(=O)c2cccc3ccccc23)nc2n1CCCC2. The fourth-order valence-corrected chi connectivity index (χ4v) is 5.01. The summed E-state index contributed by atoms with van der Waals surface area (Å²) >= 11 is 0. The highest BCUT2D eigenvalue weighted by Gasteiger charge is 2.30. The molecule has 6 heteroatoms. The molecule has 1 aliphatic heterocycles. The summed E-state index contributed by atoms with van der Waals surface area (Å²) in [6, 6.07) is 23.8. The number of nitrogens with zero attached hydrogens (tertiary/aromatic N) is 3.